The number of cyclic esters (lactones) is 1. The van der Waals surface area contributed by atoms with Gasteiger partial charge in [0.1, 0.15) is 11.8 Å². The fourth-order valence-electron chi connectivity index (χ4n) is 3.07. The molecule has 2 aromatic carbocycles. The van der Waals surface area contributed by atoms with Crippen LogP contribution < -0.4 is 5.43 Å². The van der Waals surface area contributed by atoms with E-state index in [1.807, 2.05) is 0 Å². The minimum Gasteiger partial charge on any atom is -0.439 e. The van der Waals surface area contributed by atoms with Gasteiger partial charge in [-0.25, -0.2) is 10.2 Å². The Balaban J connectivity index is 1.85. The number of amides is 1. The maximum Gasteiger partial charge on any atom is 0.428 e. The molecule has 0 saturated heterocycles. The predicted octanol–water partition coefficient (Wildman–Crippen LogP) is 3.64. The molecule has 0 unspecified atom stereocenters. The molecule has 1 N–H and O–H groups in total. The summed E-state index contributed by atoms with van der Waals surface area (Å²) in [6, 6.07) is 11.3. The third kappa shape index (κ3) is 1.94. The van der Waals surface area contributed by atoms with Gasteiger partial charge in [-0.2, -0.15) is 13.9 Å². The Kier molecular flexibility index (Phi) is 2.78. The Labute approximate surface area is 130 Å². The second kappa shape index (κ2) is 4.62. The highest BCUT2D eigenvalue weighted by Gasteiger charge is 2.44. The fourth-order valence-corrected chi connectivity index (χ4v) is 3.07. The first-order valence-electron chi connectivity index (χ1n) is 7.15. The van der Waals surface area contributed by atoms with Crippen LogP contribution >= 0.6 is 0 Å². The van der Waals surface area contributed by atoms with Gasteiger partial charge < -0.3 is 4.74 Å². The van der Waals surface area contributed by atoms with E-state index in [9.17, 15) is 13.6 Å². The molecule has 23 heavy (non-hydrogen) atoms. The normalized spacial score (nSPS) is 20.9. The summed E-state index contributed by atoms with van der Waals surface area (Å²) in [4.78, 5) is 11.1. The van der Waals surface area contributed by atoms with E-state index in [1.165, 1.54) is 12.1 Å². The highest BCUT2D eigenvalue weighted by atomic mass is 19.3. The molecule has 0 radical (unpaired) electrons. The minimum absolute atomic E-state index is 0.00957. The number of hydrogen-bond acceptors (Lipinski definition) is 3. The maximum absolute atomic E-state index is 14.7. The number of benzene rings is 2. The summed E-state index contributed by atoms with van der Waals surface area (Å²) < 4.78 is 34.4. The Morgan fingerprint density at radius 3 is 2.65 bits per heavy atom. The van der Waals surface area contributed by atoms with E-state index in [2.05, 4.69) is 10.5 Å². The Morgan fingerprint density at radius 2 is 1.87 bits per heavy atom. The monoisotopic (exact) mass is 314 g/mol. The summed E-state index contributed by atoms with van der Waals surface area (Å²) in [7, 11) is 0. The van der Waals surface area contributed by atoms with E-state index in [1.54, 1.807) is 37.3 Å². The zero-order chi connectivity index (χ0) is 16.2. The number of fused-ring (bicyclic) bond motifs is 3. The Hall–Kier alpha value is -2.76. The lowest BCUT2D eigenvalue weighted by Gasteiger charge is -2.21. The van der Waals surface area contributed by atoms with E-state index >= 15 is 0 Å². The number of hydrogen-bond donors (Lipinski definition) is 1. The number of alkyl halides is 2. The van der Waals surface area contributed by atoms with Crippen molar-refractivity contribution < 1.29 is 18.3 Å². The van der Waals surface area contributed by atoms with E-state index in [0.717, 1.165) is 0 Å². The van der Waals surface area contributed by atoms with Crippen molar-refractivity contribution in [2.24, 2.45) is 5.10 Å². The molecule has 2 aliphatic rings. The van der Waals surface area contributed by atoms with Gasteiger partial charge in [0, 0.05) is 16.7 Å². The van der Waals surface area contributed by atoms with Gasteiger partial charge in [-0.3, -0.25) is 0 Å². The van der Waals surface area contributed by atoms with Gasteiger partial charge in [0.15, 0.2) is 0 Å². The topological polar surface area (TPSA) is 50.7 Å². The average Bonchev–Trinajstić information content (AvgIpc) is 2.76. The smallest absolute Gasteiger partial charge is 0.428 e. The molecule has 1 heterocycles. The lowest BCUT2D eigenvalue weighted by atomic mass is 9.98. The molecule has 4 rings (SSSR count). The summed E-state index contributed by atoms with van der Waals surface area (Å²) in [5, 5.41) is 3.93. The number of hydrazone groups is 1. The first kappa shape index (κ1) is 13.9. The van der Waals surface area contributed by atoms with Gasteiger partial charge in [-0.1, -0.05) is 36.4 Å². The largest absolute Gasteiger partial charge is 0.439 e. The molecule has 0 spiro atoms. The van der Waals surface area contributed by atoms with Crippen LogP contribution in [0.2, 0.25) is 0 Å². The van der Waals surface area contributed by atoms with Crippen molar-refractivity contribution in [1.82, 2.24) is 5.43 Å². The summed E-state index contributed by atoms with van der Waals surface area (Å²) >= 11 is 0. The van der Waals surface area contributed by atoms with E-state index in [-0.39, 0.29) is 11.1 Å². The van der Waals surface area contributed by atoms with Crippen LogP contribution in [0.5, 0.6) is 0 Å². The molecule has 2 aromatic rings. The SMILES string of the molecule is C[C@@H]1OC(=O)NN=C1c1ccc2c(c1)C(F)(F)c1ccccc1-2. The molecule has 1 aliphatic carbocycles. The molecule has 1 amide bonds. The molecular weight excluding hydrogens is 302 g/mol. The van der Waals surface area contributed by atoms with Gasteiger partial charge in [0.25, 0.3) is 5.92 Å². The number of nitrogens with zero attached hydrogens (tertiary/aromatic N) is 1. The first-order valence-corrected chi connectivity index (χ1v) is 7.15. The highest BCUT2D eigenvalue weighted by Crippen LogP contribution is 2.51. The second-order valence-electron chi connectivity index (χ2n) is 5.54. The lowest BCUT2D eigenvalue weighted by molar-refractivity contribution is 0.0479. The van der Waals surface area contributed by atoms with Crippen molar-refractivity contribution in [2.75, 3.05) is 0 Å². The quantitative estimate of drug-likeness (QED) is 0.873. The summed E-state index contributed by atoms with van der Waals surface area (Å²) in [5.41, 5.74) is 4.14. The van der Waals surface area contributed by atoms with Crippen LogP contribution in [0, 0.1) is 0 Å². The predicted molar refractivity (Wildman–Crippen MR) is 80.5 cm³/mol. The first-order chi connectivity index (χ1) is 11.0. The van der Waals surface area contributed by atoms with E-state index in [0.29, 0.717) is 22.4 Å². The van der Waals surface area contributed by atoms with Crippen molar-refractivity contribution >= 4 is 11.8 Å². The van der Waals surface area contributed by atoms with Gasteiger partial charge >= 0.3 is 6.09 Å². The van der Waals surface area contributed by atoms with Crippen LogP contribution in [0.4, 0.5) is 13.6 Å². The molecule has 116 valence electrons. The second-order valence-corrected chi connectivity index (χ2v) is 5.54. The van der Waals surface area contributed by atoms with Crippen molar-refractivity contribution in [3.05, 3.63) is 59.2 Å². The number of ether oxygens (including phenoxy) is 1. The molecule has 6 heteroatoms. The minimum atomic E-state index is -3.05. The Morgan fingerprint density at radius 1 is 1.13 bits per heavy atom. The van der Waals surface area contributed by atoms with E-state index < -0.39 is 18.1 Å². The van der Waals surface area contributed by atoms with Crippen molar-refractivity contribution in [1.29, 1.82) is 0 Å². The maximum atomic E-state index is 14.7. The zero-order valence-corrected chi connectivity index (χ0v) is 12.1. The Bertz CT molecular complexity index is 861. The third-order valence-corrected chi connectivity index (χ3v) is 4.15. The zero-order valence-electron chi connectivity index (χ0n) is 12.1. The van der Waals surface area contributed by atoms with Crippen molar-refractivity contribution in [3.63, 3.8) is 0 Å². The summed E-state index contributed by atoms with van der Waals surface area (Å²) in [5.74, 6) is -3.05. The molecule has 1 atom stereocenters. The third-order valence-electron chi connectivity index (χ3n) is 4.15. The van der Waals surface area contributed by atoms with Crippen molar-refractivity contribution in [2.45, 2.75) is 19.0 Å². The van der Waals surface area contributed by atoms with Crippen LogP contribution in [0.15, 0.2) is 47.6 Å². The molecule has 4 nitrogen and oxygen atoms in total. The van der Waals surface area contributed by atoms with Gasteiger partial charge in [0.05, 0.1) is 0 Å². The molecule has 1 aliphatic heterocycles. The van der Waals surface area contributed by atoms with E-state index in [4.69, 9.17) is 4.74 Å². The highest BCUT2D eigenvalue weighted by molar-refractivity contribution is 6.06. The average molecular weight is 314 g/mol. The van der Waals surface area contributed by atoms with Crippen LogP contribution in [0.1, 0.15) is 23.6 Å². The summed E-state index contributed by atoms with van der Waals surface area (Å²) in [6.45, 7) is 1.65. The van der Waals surface area contributed by atoms with Crippen LogP contribution in [-0.2, 0) is 10.7 Å². The molecule has 0 saturated carbocycles. The molecule has 0 fully saturated rings. The van der Waals surface area contributed by atoms with Crippen LogP contribution in [0.3, 0.4) is 0 Å². The number of carbonyl (C=O) groups is 1. The summed E-state index contributed by atoms with van der Waals surface area (Å²) in [6.07, 6.45) is -1.25. The standard InChI is InChI=1S/C17H12F2N2O2/c1-9-15(20-21-16(22)23-9)10-6-7-12-11-4-2-3-5-13(11)17(18,19)14(12)8-10/h2-9H,1H3,(H,21,22)/t9-/m0/s1. The lowest BCUT2D eigenvalue weighted by Crippen LogP contribution is -2.37. The van der Waals surface area contributed by atoms with Crippen LogP contribution in [-0.4, -0.2) is 17.9 Å². The molecule has 0 bridgehead atoms. The number of nitrogens with one attached hydrogen (secondary N) is 1. The van der Waals surface area contributed by atoms with Crippen molar-refractivity contribution in [3.8, 4) is 11.1 Å². The number of halogens is 2. The van der Waals surface area contributed by atoms with Gasteiger partial charge in [-0.05, 0) is 24.1 Å². The fraction of sp³-hybridized carbons (Fsp3) is 0.176. The van der Waals surface area contributed by atoms with Gasteiger partial charge in [-0.15, -0.1) is 0 Å². The molecule has 0 aromatic heterocycles. The number of carbonyl (C=O) groups excluding carboxylic acids is 1. The van der Waals surface area contributed by atoms with Crippen LogP contribution in [0.25, 0.3) is 11.1 Å². The number of rotatable bonds is 1. The van der Waals surface area contributed by atoms with Gasteiger partial charge in [0.2, 0.25) is 0 Å². The molecular formula is C17H12F2N2O2.